The molecule has 1 aliphatic heterocycles. The van der Waals surface area contributed by atoms with Crippen LogP contribution in [0.15, 0.2) is 24.3 Å². The minimum Gasteiger partial charge on any atom is -0.389 e. The fourth-order valence-electron chi connectivity index (χ4n) is 2.68. The molecular weight excluding hydrogens is 229 g/mol. The highest BCUT2D eigenvalue weighted by Crippen LogP contribution is 2.27. The molecule has 1 saturated heterocycles. The van der Waals surface area contributed by atoms with Crippen LogP contribution < -0.4 is 0 Å². The molecule has 0 bridgehead atoms. The van der Waals surface area contributed by atoms with Crippen molar-refractivity contribution in [2.45, 2.75) is 38.2 Å². The lowest BCUT2D eigenvalue weighted by molar-refractivity contribution is -0.0210. The van der Waals surface area contributed by atoms with Crippen LogP contribution in [0, 0.1) is 5.82 Å². The van der Waals surface area contributed by atoms with Crippen molar-refractivity contribution in [2.24, 2.45) is 0 Å². The molecule has 100 valence electrons. The summed E-state index contributed by atoms with van der Waals surface area (Å²) in [6, 6.07) is 6.75. The molecule has 0 amide bonds. The third-order valence-electron chi connectivity index (χ3n) is 3.80. The molecule has 0 aliphatic carbocycles. The van der Waals surface area contributed by atoms with Crippen molar-refractivity contribution in [3.05, 3.63) is 35.6 Å². The van der Waals surface area contributed by atoms with E-state index in [4.69, 9.17) is 0 Å². The van der Waals surface area contributed by atoms with E-state index in [1.165, 1.54) is 6.07 Å². The van der Waals surface area contributed by atoms with Crippen LogP contribution in [0.5, 0.6) is 0 Å². The second kappa shape index (κ2) is 5.81. The smallest absolute Gasteiger partial charge is 0.126 e. The normalized spacial score (nSPS) is 19.9. The van der Waals surface area contributed by atoms with Crippen molar-refractivity contribution < 1.29 is 9.50 Å². The minimum atomic E-state index is -0.730. The Morgan fingerprint density at radius 1 is 1.28 bits per heavy atom. The molecule has 2 nitrogen and oxygen atoms in total. The zero-order valence-corrected chi connectivity index (χ0v) is 11.0. The molecule has 0 aromatic heterocycles. The van der Waals surface area contributed by atoms with Gasteiger partial charge in [-0.15, -0.1) is 0 Å². The monoisotopic (exact) mass is 251 g/mol. The Hall–Kier alpha value is -0.930. The van der Waals surface area contributed by atoms with Gasteiger partial charge in [0.15, 0.2) is 0 Å². The molecule has 1 fully saturated rings. The maximum atomic E-state index is 13.6. The Kier molecular flexibility index (Phi) is 4.36. The highest BCUT2D eigenvalue weighted by molar-refractivity contribution is 5.19. The molecule has 0 radical (unpaired) electrons. The van der Waals surface area contributed by atoms with Crippen molar-refractivity contribution >= 4 is 0 Å². The van der Waals surface area contributed by atoms with E-state index in [1.807, 2.05) is 6.07 Å². The lowest BCUT2D eigenvalue weighted by Gasteiger charge is -2.38. The zero-order valence-electron chi connectivity index (χ0n) is 11.0. The summed E-state index contributed by atoms with van der Waals surface area (Å²) in [7, 11) is 0. The molecule has 0 unspecified atom stereocenters. The van der Waals surface area contributed by atoms with Crippen LogP contribution in [-0.2, 0) is 6.42 Å². The van der Waals surface area contributed by atoms with Gasteiger partial charge in [0.1, 0.15) is 5.82 Å². The topological polar surface area (TPSA) is 23.5 Å². The molecule has 2 rings (SSSR count). The average molecular weight is 251 g/mol. The van der Waals surface area contributed by atoms with Crippen LogP contribution in [-0.4, -0.2) is 35.2 Å². The van der Waals surface area contributed by atoms with Crippen molar-refractivity contribution in [3.63, 3.8) is 0 Å². The first-order valence-electron chi connectivity index (χ1n) is 6.81. The lowest BCUT2D eigenvalue weighted by atomic mass is 9.85. The summed E-state index contributed by atoms with van der Waals surface area (Å²) in [6.07, 6.45) is 3.05. The first-order valence-corrected chi connectivity index (χ1v) is 6.81. The van der Waals surface area contributed by atoms with Gasteiger partial charge >= 0.3 is 0 Å². The van der Waals surface area contributed by atoms with Crippen LogP contribution >= 0.6 is 0 Å². The van der Waals surface area contributed by atoms with Crippen LogP contribution in [0.4, 0.5) is 4.39 Å². The summed E-state index contributed by atoms with van der Waals surface area (Å²) in [6.45, 7) is 5.09. The molecule has 1 aromatic rings. The number of hydrogen-bond donors (Lipinski definition) is 1. The third kappa shape index (κ3) is 3.30. The summed E-state index contributed by atoms with van der Waals surface area (Å²) < 4.78 is 13.6. The van der Waals surface area contributed by atoms with E-state index in [0.717, 1.165) is 38.9 Å². The van der Waals surface area contributed by atoms with Gasteiger partial charge in [-0.1, -0.05) is 25.1 Å². The summed E-state index contributed by atoms with van der Waals surface area (Å²) in [5, 5.41) is 10.5. The number of halogens is 1. The fraction of sp³-hybridized carbons (Fsp3) is 0.600. The maximum absolute atomic E-state index is 13.6. The van der Waals surface area contributed by atoms with E-state index in [-0.39, 0.29) is 5.82 Å². The predicted octanol–water partition coefficient (Wildman–Crippen LogP) is 2.61. The van der Waals surface area contributed by atoms with Crippen LogP contribution in [0.25, 0.3) is 0 Å². The summed E-state index contributed by atoms with van der Waals surface area (Å²) in [5.41, 5.74) is -0.101. The van der Waals surface area contributed by atoms with Gasteiger partial charge < -0.3 is 10.0 Å². The molecular formula is C15H22FNO. The van der Waals surface area contributed by atoms with Gasteiger partial charge in [-0.05, 0) is 37.4 Å². The molecule has 18 heavy (non-hydrogen) atoms. The Labute approximate surface area is 108 Å². The maximum Gasteiger partial charge on any atom is 0.126 e. The van der Waals surface area contributed by atoms with E-state index in [2.05, 4.69) is 11.8 Å². The van der Waals surface area contributed by atoms with E-state index in [0.29, 0.717) is 12.0 Å². The van der Waals surface area contributed by atoms with Gasteiger partial charge in [-0.3, -0.25) is 0 Å². The summed E-state index contributed by atoms with van der Waals surface area (Å²) >= 11 is 0. The number of benzene rings is 1. The number of aliphatic hydroxyl groups is 1. The molecule has 3 heteroatoms. The standard InChI is InChI=1S/C15H22FNO/c1-2-9-17-10-7-15(18,8-11-17)12-13-5-3-4-6-14(13)16/h3-6,18H,2,7-12H2,1H3. The van der Waals surface area contributed by atoms with Crippen LogP contribution in [0.2, 0.25) is 0 Å². The van der Waals surface area contributed by atoms with E-state index in [1.54, 1.807) is 12.1 Å². The van der Waals surface area contributed by atoms with Crippen molar-refractivity contribution in [1.29, 1.82) is 0 Å². The van der Waals surface area contributed by atoms with Crippen molar-refractivity contribution in [2.75, 3.05) is 19.6 Å². The molecule has 0 saturated carbocycles. The average Bonchev–Trinajstić information content (AvgIpc) is 2.36. The van der Waals surface area contributed by atoms with E-state index in [9.17, 15) is 9.50 Å². The zero-order chi connectivity index (χ0) is 13.0. The predicted molar refractivity (Wildman–Crippen MR) is 71.0 cm³/mol. The summed E-state index contributed by atoms with van der Waals surface area (Å²) in [5.74, 6) is -0.207. The van der Waals surface area contributed by atoms with E-state index >= 15 is 0 Å². The van der Waals surface area contributed by atoms with Crippen LogP contribution in [0.3, 0.4) is 0 Å². The Balaban J connectivity index is 1.96. The highest BCUT2D eigenvalue weighted by Gasteiger charge is 2.32. The Morgan fingerprint density at radius 2 is 1.94 bits per heavy atom. The van der Waals surface area contributed by atoms with Gasteiger partial charge in [0.25, 0.3) is 0 Å². The van der Waals surface area contributed by atoms with Gasteiger partial charge in [-0.25, -0.2) is 4.39 Å². The second-order valence-electron chi connectivity index (χ2n) is 5.33. The Morgan fingerprint density at radius 3 is 2.56 bits per heavy atom. The SMILES string of the molecule is CCCN1CCC(O)(Cc2ccccc2F)CC1. The van der Waals surface area contributed by atoms with Gasteiger partial charge in [0.2, 0.25) is 0 Å². The number of likely N-dealkylation sites (tertiary alicyclic amines) is 1. The molecule has 1 heterocycles. The third-order valence-corrected chi connectivity index (χ3v) is 3.80. The minimum absolute atomic E-state index is 0.207. The fourth-order valence-corrected chi connectivity index (χ4v) is 2.68. The van der Waals surface area contributed by atoms with Gasteiger partial charge in [-0.2, -0.15) is 0 Å². The number of nitrogens with zero attached hydrogens (tertiary/aromatic N) is 1. The molecule has 1 aliphatic rings. The first-order chi connectivity index (χ1) is 8.63. The molecule has 0 atom stereocenters. The van der Waals surface area contributed by atoms with Crippen molar-refractivity contribution in [3.8, 4) is 0 Å². The lowest BCUT2D eigenvalue weighted by Crippen LogP contribution is -2.45. The quantitative estimate of drug-likeness (QED) is 0.889. The molecule has 0 spiro atoms. The van der Waals surface area contributed by atoms with Crippen LogP contribution in [0.1, 0.15) is 31.7 Å². The number of hydrogen-bond acceptors (Lipinski definition) is 2. The van der Waals surface area contributed by atoms with E-state index < -0.39 is 5.60 Å². The molecule has 1 N–H and O–H groups in total. The largest absolute Gasteiger partial charge is 0.389 e. The molecule has 1 aromatic carbocycles. The van der Waals surface area contributed by atoms with Gasteiger partial charge in [0, 0.05) is 19.5 Å². The number of rotatable bonds is 4. The summed E-state index contributed by atoms with van der Waals surface area (Å²) in [4.78, 5) is 2.37. The van der Waals surface area contributed by atoms with Crippen molar-refractivity contribution in [1.82, 2.24) is 4.90 Å². The first kappa shape index (κ1) is 13.5. The number of piperidine rings is 1. The van der Waals surface area contributed by atoms with Gasteiger partial charge in [0.05, 0.1) is 5.60 Å². The second-order valence-corrected chi connectivity index (χ2v) is 5.33. The Bertz CT molecular complexity index is 386. The highest BCUT2D eigenvalue weighted by atomic mass is 19.1.